The maximum atomic E-state index is 5.52. The fourth-order valence-corrected chi connectivity index (χ4v) is 1.84. The van der Waals surface area contributed by atoms with Gasteiger partial charge < -0.3 is 4.74 Å². The van der Waals surface area contributed by atoms with Crippen LogP contribution in [0.2, 0.25) is 0 Å². The zero-order valence-electron chi connectivity index (χ0n) is 11.2. The van der Waals surface area contributed by atoms with E-state index in [0.717, 1.165) is 38.0 Å². The van der Waals surface area contributed by atoms with Gasteiger partial charge in [0, 0.05) is 12.8 Å². The molecule has 92 valence electrons. The van der Waals surface area contributed by atoms with Crippen LogP contribution in [0.15, 0.2) is 18.2 Å². The summed E-state index contributed by atoms with van der Waals surface area (Å²) in [4.78, 5) is 0. The van der Waals surface area contributed by atoms with Crippen LogP contribution in [0.1, 0.15) is 44.7 Å². The molecule has 0 aromatic heterocycles. The number of benzene rings is 1. The van der Waals surface area contributed by atoms with Crippen LogP contribution in [-0.4, -0.2) is 6.61 Å². The summed E-state index contributed by atoms with van der Waals surface area (Å²) in [6.45, 7) is 7.01. The van der Waals surface area contributed by atoms with Gasteiger partial charge in [-0.2, -0.15) is 0 Å². The lowest BCUT2D eigenvalue weighted by molar-refractivity contribution is 0.340. The molecule has 0 aliphatic carbocycles. The van der Waals surface area contributed by atoms with Crippen molar-refractivity contribution in [2.45, 2.75) is 46.5 Å². The van der Waals surface area contributed by atoms with E-state index in [0.29, 0.717) is 0 Å². The topological polar surface area (TPSA) is 9.23 Å². The molecule has 0 aliphatic rings. The van der Waals surface area contributed by atoms with Crippen LogP contribution in [-0.2, 0) is 12.8 Å². The highest BCUT2D eigenvalue weighted by atomic mass is 16.5. The molecular formula is C16H22O. The quantitative estimate of drug-likeness (QED) is 0.695. The van der Waals surface area contributed by atoms with Gasteiger partial charge in [-0.25, -0.2) is 0 Å². The molecule has 0 aliphatic heterocycles. The molecule has 1 nitrogen and oxygen atoms in total. The molecule has 0 saturated carbocycles. The molecule has 0 bridgehead atoms. The average Bonchev–Trinajstić information content (AvgIpc) is 2.36. The van der Waals surface area contributed by atoms with E-state index in [-0.39, 0.29) is 0 Å². The Bertz CT molecular complexity index is 396. The van der Waals surface area contributed by atoms with Gasteiger partial charge in [-0.1, -0.05) is 19.9 Å². The van der Waals surface area contributed by atoms with Crippen molar-refractivity contribution >= 4 is 0 Å². The molecule has 0 saturated heterocycles. The molecule has 0 radical (unpaired) electrons. The first-order chi connectivity index (χ1) is 8.31. The van der Waals surface area contributed by atoms with Crippen molar-refractivity contribution in [2.75, 3.05) is 6.61 Å². The zero-order chi connectivity index (χ0) is 12.5. The molecule has 17 heavy (non-hydrogen) atoms. The molecule has 0 spiro atoms. The van der Waals surface area contributed by atoms with E-state index in [2.05, 4.69) is 43.9 Å². The third-order valence-corrected chi connectivity index (χ3v) is 2.69. The highest BCUT2D eigenvalue weighted by Crippen LogP contribution is 2.19. The standard InChI is InChI=1S/C16H22O/c1-4-7-8-9-10-15-11-12-16(17-6-3)13-14(15)5-2/h11-13H,4-6,9-10H2,1-3H3. The van der Waals surface area contributed by atoms with Gasteiger partial charge in [-0.05, 0) is 43.0 Å². The Morgan fingerprint density at radius 2 is 1.88 bits per heavy atom. The Labute approximate surface area is 105 Å². The molecule has 0 fully saturated rings. The lowest BCUT2D eigenvalue weighted by atomic mass is 10.0. The van der Waals surface area contributed by atoms with Crippen molar-refractivity contribution in [2.24, 2.45) is 0 Å². The van der Waals surface area contributed by atoms with Gasteiger partial charge in [0.15, 0.2) is 0 Å². The number of aryl methyl sites for hydroxylation is 2. The molecule has 0 N–H and O–H groups in total. The minimum Gasteiger partial charge on any atom is -0.494 e. The normalized spacial score (nSPS) is 9.59. The number of hydrogen-bond donors (Lipinski definition) is 0. The predicted molar refractivity (Wildman–Crippen MR) is 73.4 cm³/mol. The fourth-order valence-electron chi connectivity index (χ4n) is 1.84. The van der Waals surface area contributed by atoms with Crippen LogP contribution in [0.25, 0.3) is 0 Å². The van der Waals surface area contributed by atoms with Crippen LogP contribution in [0.5, 0.6) is 5.75 Å². The molecule has 0 amide bonds. The van der Waals surface area contributed by atoms with Crippen molar-refractivity contribution in [1.82, 2.24) is 0 Å². The monoisotopic (exact) mass is 230 g/mol. The summed E-state index contributed by atoms with van der Waals surface area (Å²) in [6, 6.07) is 6.40. The lowest BCUT2D eigenvalue weighted by Gasteiger charge is -2.09. The number of rotatable bonds is 5. The van der Waals surface area contributed by atoms with Gasteiger partial charge in [0.1, 0.15) is 5.75 Å². The Hall–Kier alpha value is -1.42. The summed E-state index contributed by atoms with van der Waals surface area (Å²) < 4.78 is 5.52. The SMILES string of the molecule is CCC#CCCc1ccc(OCC)cc1CC. The van der Waals surface area contributed by atoms with Crippen molar-refractivity contribution in [1.29, 1.82) is 0 Å². The molecule has 1 aromatic rings. The largest absolute Gasteiger partial charge is 0.494 e. The smallest absolute Gasteiger partial charge is 0.119 e. The van der Waals surface area contributed by atoms with E-state index in [4.69, 9.17) is 4.74 Å². The number of hydrogen-bond acceptors (Lipinski definition) is 1. The van der Waals surface area contributed by atoms with E-state index >= 15 is 0 Å². The first kappa shape index (κ1) is 13.6. The van der Waals surface area contributed by atoms with E-state index in [1.54, 1.807) is 0 Å². The zero-order valence-corrected chi connectivity index (χ0v) is 11.2. The molecule has 0 atom stereocenters. The summed E-state index contributed by atoms with van der Waals surface area (Å²) >= 11 is 0. The average molecular weight is 230 g/mol. The third kappa shape index (κ3) is 4.53. The maximum Gasteiger partial charge on any atom is 0.119 e. The summed E-state index contributed by atoms with van der Waals surface area (Å²) in [5, 5.41) is 0. The lowest BCUT2D eigenvalue weighted by Crippen LogP contribution is -1.96. The minimum atomic E-state index is 0.727. The van der Waals surface area contributed by atoms with Crippen molar-refractivity contribution in [3.63, 3.8) is 0 Å². The summed E-state index contributed by atoms with van der Waals surface area (Å²) in [7, 11) is 0. The first-order valence-corrected chi connectivity index (χ1v) is 6.52. The number of ether oxygens (including phenoxy) is 1. The molecular weight excluding hydrogens is 208 g/mol. The van der Waals surface area contributed by atoms with Crippen LogP contribution in [0, 0.1) is 11.8 Å². The second-order valence-corrected chi connectivity index (χ2v) is 3.92. The summed E-state index contributed by atoms with van der Waals surface area (Å²) in [5.74, 6) is 7.29. The van der Waals surface area contributed by atoms with Crippen molar-refractivity contribution < 1.29 is 4.74 Å². The van der Waals surface area contributed by atoms with Gasteiger partial charge in [0.05, 0.1) is 6.61 Å². The predicted octanol–water partition coefficient (Wildman–Crippen LogP) is 3.99. The molecule has 1 heteroatoms. The molecule has 0 unspecified atom stereocenters. The van der Waals surface area contributed by atoms with Crippen LogP contribution >= 0.6 is 0 Å². The second kappa shape index (κ2) is 7.79. The Morgan fingerprint density at radius 1 is 1.06 bits per heavy atom. The molecule has 0 heterocycles. The van der Waals surface area contributed by atoms with Gasteiger partial charge in [-0.3, -0.25) is 0 Å². The van der Waals surface area contributed by atoms with Gasteiger partial charge in [0.25, 0.3) is 0 Å². The van der Waals surface area contributed by atoms with Gasteiger partial charge >= 0.3 is 0 Å². The van der Waals surface area contributed by atoms with Crippen molar-refractivity contribution in [3.05, 3.63) is 29.3 Å². The second-order valence-electron chi connectivity index (χ2n) is 3.92. The van der Waals surface area contributed by atoms with Crippen LogP contribution in [0.4, 0.5) is 0 Å². The summed E-state index contributed by atoms with van der Waals surface area (Å²) in [5.41, 5.74) is 2.79. The Kier molecular flexibility index (Phi) is 6.25. The van der Waals surface area contributed by atoms with E-state index in [9.17, 15) is 0 Å². The Morgan fingerprint density at radius 3 is 2.53 bits per heavy atom. The van der Waals surface area contributed by atoms with Gasteiger partial charge in [-0.15, -0.1) is 11.8 Å². The minimum absolute atomic E-state index is 0.727. The third-order valence-electron chi connectivity index (χ3n) is 2.69. The molecule has 1 aromatic carbocycles. The van der Waals surface area contributed by atoms with Gasteiger partial charge in [0.2, 0.25) is 0 Å². The maximum absolute atomic E-state index is 5.52. The van der Waals surface area contributed by atoms with E-state index < -0.39 is 0 Å². The van der Waals surface area contributed by atoms with E-state index in [1.165, 1.54) is 11.1 Å². The van der Waals surface area contributed by atoms with Crippen LogP contribution in [0.3, 0.4) is 0 Å². The first-order valence-electron chi connectivity index (χ1n) is 6.52. The van der Waals surface area contributed by atoms with E-state index in [1.807, 2.05) is 6.92 Å². The van der Waals surface area contributed by atoms with Crippen LogP contribution < -0.4 is 4.74 Å². The summed E-state index contributed by atoms with van der Waals surface area (Å²) in [6.07, 6.45) is 4.00. The highest BCUT2D eigenvalue weighted by molar-refractivity contribution is 5.36. The van der Waals surface area contributed by atoms with Crippen molar-refractivity contribution in [3.8, 4) is 17.6 Å². The Balaban J connectivity index is 2.71. The fraction of sp³-hybridized carbons (Fsp3) is 0.500. The highest BCUT2D eigenvalue weighted by Gasteiger charge is 2.02. The molecule has 1 rings (SSSR count).